The lowest BCUT2D eigenvalue weighted by atomic mass is 10.1. The molecule has 0 spiro atoms. The molecule has 4 aliphatic rings. The van der Waals surface area contributed by atoms with Gasteiger partial charge in [-0.15, -0.1) is 0 Å². The molecule has 4 amide bonds. The first kappa shape index (κ1) is 36.5. The summed E-state index contributed by atoms with van der Waals surface area (Å²) in [6, 6.07) is 14.4. The van der Waals surface area contributed by atoms with Crippen molar-refractivity contribution in [1.29, 1.82) is 0 Å². The molecule has 4 fully saturated rings. The number of hydrogen-bond donors (Lipinski definition) is 4. The first-order valence-corrected chi connectivity index (χ1v) is 19.8. The van der Waals surface area contributed by atoms with E-state index in [0.29, 0.717) is 18.9 Å². The van der Waals surface area contributed by atoms with Crippen molar-refractivity contribution >= 4 is 35.0 Å². The van der Waals surface area contributed by atoms with Crippen molar-refractivity contribution in [2.75, 3.05) is 27.2 Å². The van der Waals surface area contributed by atoms with Gasteiger partial charge in [-0.1, -0.05) is 24.3 Å². The highest BCUT2D eigenvalue weighted by molar-refractivity contribution is 5.89. The van der Waals surface area contributed by atoms with Gasteiger partial charge in [-0.25, -0.2) is 19.6 Å². The number of likely N-dealkylation sites (tertiary alicyclic amines) is 2. The van der Waals surface area contributed by atoms with Crippen molar-refractivity contribution in [2.24, 2.45) is 11.8 Å². The minimum Gasteiger partial charge on any atom is -0.465 e. The highest BCUT2D eigenvalue weighted by atomic mass is 16.5. The molecule has 9 rings (SSSR count). The number of carbonyl (C=O) groups excluding carboxylic acids is 3. The standard InChI is InChI=1S/C42H46N8O7/c1-48(42(54)55)36(26-13-14-26)40(52)50-18-4-6-32(50)38-43-21-29(45-38)23-7-9-24(10-8-23)34-20-28-19-27(15-16-33(28)57-34)30-22-44-37(46-30)31-5-3-17-49(31)39(51)35(25-11-12-25)47-41(53)56-2/h7-10,15-16,19-22,25-26,31-32,35-36H,3-6,11-14,17-18H2,1-2H3,(H,43,45)(H,44,46)(H,47,53)(H,54,55)/t31?,32-,35-,36+/m0/s1. The van der Waals surface area contributed by atoms with E-state index in [1.807, 2.05) is 47.4 Å². The summed E-state index contributed by atoms with van der Waals surface area (Å²) in [7, 11) is 2.79. The molecule has 5 aromatic rings. The number of nitrogens with zero attached hydrogens (tertiary/aromatic N) is 5. The van der Waals surface area contributed by atoms with E-state index in [2.05, 4.69) is 26.3 Å². The van der Waals surface area contributed by atoms with Crippen LogP contribution in [-0.4, -0.2) is 103 Å². The average molecular weight is 775 g/mol. The number of carbonyl (C=O) groups is 4. The average Bonchev–Trinajstić information content (AvgIpc) is 3.81. The molecule has 4 atom stereocenters. The number of benzene rings is 2. The molecule has 2 saturated heterocycles. The zero-order valence-corrected chi connectivity index (χ0v) is 31.9. The molecule has 1 unspecified atom stereocenters. The second-order valence-electron chi connectivity index (χ2n) is 15.8. The number of fused-ring (bicyclic) bond motifs is 1. The predicted molar refractivity (Wildman–Crippen MR) is 209 cm³/mol. The molecule has 0 bridgehead atoms. The van der Waals surface area contributed by atoms with Gasteiger partial charge in [-0.2, -0.15) is 0 Å². The fraction of sp³-hybridized carbons (Fsp3) is 0.429. The Kier molecular flexibility index (Phi) is 9.45. The summed E-state index contributed by atoms with van der Waals surface area (Å²) < 4.78 is 11.1. The van der Waals surface area contributed by atoms with Gasteiger partial charge in [-0.3, -0.25) is 14.5 Å². The Morgan fingerprint density at radius 3 is 1.98 bits per heavy atom. The van der Waals surface area contributed by atoms with E-state index >= 15 is 0 Å². The molecule has 0 radical (unpaired) electrons. The number of aromatic amines is 2. The number of ether oxygens (including phenoxy) is 1. The van der Waals surface area contributed by atoms with Crippen LogP contribution >= 0.6 is 0 Å². The lowest BCUT2D eigenvalue weighted by Gasteiger charge is -2.31. The molecular formula is C42H46N8O7. The number of H-pyrrole nitrogens is 2. The van der Waals surface area contributed by atoms with Gasteiger partial charge in [0.05, 0.1) is 43.0 Å². The van der Waals surface area contributed by atoms with Gasteiger partial charge in [0, 0.05) is 36.7 Å². The Morgan fingerprint density at radius 2 is 1.39 bits per heavy atom. The minimum atomic E-state index is -1.09. The maximum absolute atomic E-state index is 13.7. The van der Waals surface area contributed by atoms with Crippen molar-refractivity contribution in [3.8, 4) is 33.8 Å². The van der Waals surface area contributed by atoms with E-state index in [4.69, 9.17) is 14.1 Å². The van der Waals surface area contributed by atoms with E-state index < -0.39 is 24.3 Å². The van der Waals surface area contributed by atoms with Crippen molar-refractivity contribution in [2.45, 2.75) is 75.5 Å². The second kappa shape index (κ2) is 14.8. The molecule has 57 heavy (non-hydrogen) atoms. The van der Waals surface area contributed by atoms with Crippen molar-refractivity contribution in [3.63, 3.8) is 0 Å². The molecule has 2 aliphatic heterocycles. The van der Waals surface area contributed by atoms with Gasteiger partial charge in [0.25, 0.3) is 0 Å². The molecule has 4 N–H and O–H groups in total. The number of alkyl carbamates (subject to hydrolysis) is 1. The van der Waals surface area contributed by atoms with Crippen LogP contribution in [0.1, 0.15) is 75.1 Å². The molecule has 2 aliphatic carbocycles. The molecular weight excluding hydrogens is 729 g/mol. The third-order valence-electron chi connectivity index (χ3n) is 12.1. The smallest absolute Gasteiger partial charge is 0.407 e. The van der Waals surface area contributed by atoms with Crippen LogP contribution in [-0.2, 0) is 14.3 Å². The number of amides is 4. The molecule has 296 valence electrons. The molecule has 2 saturated carbocycles. The van der Waals surface area contributed by atoms with Crippen LogP contribution in [0.2, 0.25) is 0 Å². The van der Waals surface area contributed by atoms with Crippen LogP contribution in [0.5, 0.6) is 0 Å². The van der Waals surface area contributed by atoms with Gasteiger partial charge in [0.2, 0.25) is 11.8 Å². The summed E-state index contributed by atoms with van der Waals surface area (Å²) in [6.07, 6.45) is 8.67. The zero-order valence-electron chi connectivity index (χ0n) is 31.9. The first-order chi connectivity index (χ1) is 27.7. The van der Waals surface area contributed by atoms with E-state index in [1.54, 1.807) is 17.3 Å². The summed E-state index contributed by atoms with van der Waals surface area (Å²) in [6.45, 7) is 1.19. The molecule has 15 heteroatoms. The van der Waals surface area contributed by atoms with Gasteiger partial charge >= 0.3 is 12.2 Å². The normalized spacial score (nSPS) is 20.5. The van der Waals surface area contributed by atoms with Crippen LogP contribution < -0.4 is 5.32 Å². The number of imidazole rings is 2. The van der Waals surface area contributed by atoms with Crippen LogP contribution in [0.15, 0.2) is 65.3 Å². The first-order valence-electron chi connectivity index (χ1n) is 19.8. The van der Waals surface area contributed by atoms with E-state index in [9.17, 15) is 24.3 Å². The van der Waals surface area contributed by atoms with Crippen molar-refractivity contribution in [1.82, 2.24) is 40.0 Å². The number of aromatic nitrogens is 4. The second-order valence-corrected chi connectivity index (χ2v) is 15.8. The van der Waals surface area contributed by atoms with Gasteiger partial charge < -0.3 is 39.3 Å². The van der Waals surface area contributed by atoms with Gasteiger partial charge in [0.15, 0.2) is 0 Å². The lowest BCUT2D eigenvalue weighted by Crippen LogP contribution is -2.50. The Labute approximate surface area is 328 Å². The lowest BCUT2D eigenvalue weighted by molar-refractivity contribution is -0.138. The number of rotatable bonds is 11. The number of methoxy groups -OCH3 is 1. The summed E-state index contributed by atoms with van der Waals surface area (Å²) in [5.41, 5.74) is 5.21. The summed E-state index contributed by atoms with van der Waals surface area (Å²) in [4.78, 5) is 72.1. The van der Waals surface area contributed by atoms with Crippen LogP contribution in [0.25, 0.3) is 44.8 Å². The number of carboxylic acid groups (broad SMARTS) is 1. The minimum absolute atomic E-state index is 0.0714. The zero-order chi connectivity index (χ0) is 39.4. The number of furan rings is 1. The Balaban J connectivity index is 0.878. The molecule has 5 heterocycles. The van der Waals surface area contributed by atoms with E-state index in [0.717, 1.165) is 107 Å². The van der Waals surface area contributed by atoms with Crippen molar-refractivity contribution < 1.29 is 33.4 Å². The van der Waals surface area contributed by atoms with Gasteiger partial charge in [0.1, 0.15) is 35.1 Å². The topological polar surface area (TPSA) is 190 Å². The summed E-state index contributed by atoms with van der Waals surface area (Å²) in [5, 5.41) is 13.3. The fourth-order valence-corrected chi connectivity index (χ4v) is 8.66. The van der Waals surface area contributed by atoms with Crippen LogP contribution in [0, 0.1) is 11.8 Å². The van der Waals surface area contributed by atoms with Crippen molar-refractivity contribution in [3.05, 3.63) is 72.6 Å². The third-order valence-corrected chi connectivity index (χ3v) is 12.1. The fourth-order valence-electron chi connectivity index (χ4n) is 8.66. The SMILES string of the molecule is COC(=O)N[C@H](C(=O)N1CCCC1c1ncc(-c2ccc3oc(-c4ccc(-c5cnc([C@@H]6CCCN6C(=O)[C@@H](C6CC6)N(C)C(=O)O)[nH]5)cc4)cc3c2)[nH]1)C1CC1. The monoisotopic (exact) mass is 774 g/mol. The molecule has 15 nitrogen and oxygen atoms in total. The van der Waals surface area contributed by atoms with Crippen LogP contribution in [0.4, 0.5) is 9.59 Å². The Morgan fingerprint density at radius 1 is 0.807 bits per heavy atom. The predicted octanol–water partition coefficient (Wildman–Crippen LogP) is 6.73. The summed E-state index contributed by atoms with van der Waals surface area (Å²) in [5.74, 6) is 2.13. The number of hydrogen-bond acceptors (Lipinski definition) is 8. The highest BCUT2D eigenvalue weighted by Crippen LogP contribution is 2.41. The van der Waals surface area contributed by atoms with E-state index in [-0.39, 0.29) is 35.7 Å². The quantitative estimate of drug-likeness (QED) is 0.113. The largest absolute Gasteiger partial charge is 0.465 e. The molecule has 2 aromatic carbocycles. The highest BCUT2D eigenvalue weighted by Gasteiger charge is 2.46. The number of likely N-dealkylation sites (N-methyl/N-ethyl adjacent to an activating group) is 1. The maximum atomic E-state index is 13.7. The maximum Gasteiger partial charge on any atom is 0.407 e. The third kappa shape index (κ3) is 7.10. The Bertz CT molecular complexity index is 2320. The van der Waals surface area contributed by atoms with Gasteiger partial charge in [-0.05, 0) is 93.0 Å². The number of nitrogens with one attached hydrogen (secondary N) is 3. The molecule has 3 aromatic heterocycles. The Hall–Kier alpha value is -6.12. The van der Waals surface area contributed by atoms with E-state index in [1.165, 1.54) is 14.2 Å². The summed E-state index contributed by atoms with van der Waals surface area (Å²) >= 11 is 0. The van der Waals surface area contributed by atoms with Crippen LogP contribution in [0.3, 0.4) is 0 Å².